The van der Waals surface area contributed by atoms with E-state index in [-0.39, 0.29) is 0 Å². The molecule has 0 saturated heterocycles. The first-order valence-electron chi connectivity index (χ1n) is 8.97. The first kappa shape index (κ1) is 14.5. The van der Waals surface area contributed by atoms with Crippen molar-refractivity contribution >= 4 is 0 Å². The minimum atomic E-state index is 0.663. The highest BCUT2D eigenvalue weighted by Crippen LogP contribution is 2.54. The first-order chi connectivity index (χ1) is 10.9. The van der Waals surface area contributed by atoms with Crippen LogP contribution < -0.4 is 5.32 Å². The Balaban J connectivity index is 1.47. The van der Waals surface area contributed by atoms with Gasteiger partial charge in [0.1, 0.15) is 0 Å². The Kier molecular flexibility index (Phi) is 4.31. The third-order valence-electron chi connectivity index (χ3n) is 5.92. The average Bonchev–Trinajstić information content (AvgIpc) is 2.58. The molecule has 2 heteroatoms. The van der Waals surface area contributed by atoms with Crippen LogP contribution in [0.1, 0.15) is 43.6 Å². The predicted octanol–water partition coefficient (Wildman–Crippen LogP) is 3.90. The zero-order valence-corrected chi connectivity index (χ0v) is 13.3. The molecule has 0 amide bonds. The lowest BCUT2D eigenvalue weighted by atomic mass is 9.53. The molecule has 1 aromatic rings. The molecule has 3 aliphatic rings. The maximum atomic E-state index is 5.58. The van der Waals surface area contributed by atoms with Crippen molar-refractivity contribution in [2.75, 3.05) is 19.8 Å². The van der Waals surface area contributed by atoms with E-state index < -0.39 is 0 Å². The summed E-state index contributed by atoms with van der Waals surface area (Å²) in [6, 6.07) is 11.8. The van der Waals surface area contributed by atoms with Gasteiger partial charge in [-0.15, -0.1) is 0 Å². The van der Waals surface area contributed by atoms with Crippen LogP contribution in [0.5, 0.6) is 0 Å². The lowest BCUT2D eigenvalue weighted by Gasteiger charge is -2.55. The lowest BCUT2D eigenvalue weighted by molar-refractivity contribution is 0.0272. The number of nitrogens with one attached hydrogen (secondary N) is 1. The van der Waals surface area contributed by atoms with Gasteiger partial charge in [0.2, 0.25) is 0 Å². The fourth-order valence-corrected chi connectivity index (χ4v) is 4.86. The van der Waals surface area contributed by atoms with Gasteiger partial charge in [0, 0.05) is 18.5 Å². The predicted molar refractivity (Wildman–Crippen MR) is 89.9 cm³/mol. The Bertz CT molecular complexity index is 524. The Labute approximate surface area is 133 Å². The summed E-state index contributed by atoms with van der Waals surface area (Å²) in [5.74, 6) is 2.52. The molecule has 22 heavy (non-hydrogen) atoms. The molecule has 1 aliphatic heterocycles. The molecule has 1 aromatic carbocycles. The second-order valence-corrected chi connectivity index (χ2v) is 7.16. The molecular weight excluding hydrogens is 270 g/mol. The molecule has 0 unspecified atom stereocenters. The van der Waals surface area contributed by atoms with Crippen molar-refractivity contribution in [1.82, 2.24) is 5.32 Å². The fourth-order valence-electron chi connectivity index (χ4n) is 4.86. The first-order valence-corrected chi connectivity index (χ1v) is 8.97. The highest BCUT2D eigenvalue weighted by molar-refractivity contribution is 5.28. The Morgan fingerprint density at radius 1 is 1.05 bits per heavy atom. The minimum absolute atomic E-state index is 0.663. The lowest BCUT2D eigenvalue weighted by Crippen LogP contribution is -2.58. The van der Waals surface area contributed by atoms with Crippen molar-refractivity contribution in [2.45, 2.75) is 44.1 Å². The molecule has 118 valence electrons. The molecule has 0 aromatic heterocycles. The summed E-state index contributed by atoms with van der Waals surface area (Å²) in [5, 5.41) is 3.89. The van der Waals surface area contributed by atoms with Crippen molar-refractivity contribution in [1.29, 1.82) is 0 Å². The van der Waals surface area contributed by atoms with Crippen LogP contribution in [0.3, 0.4) is 0 Å². The largest absolute Gasteiger partial charge is 0.377 e. The van der Waals surface area contributed by atoms with E-state index in [0.717, 1.165) is 43.9 Å². The minimum Gasteiger partial charge on any atom is -0.377 e. The van der Waals surface area contributed by atoms with E-state index in [0.29, 0.717) is 6.04 Å². The highest BCUT2D eigenvalue weighted by Gasteiger charge is 2.50. The third kappa shape index (κ3) is 2.75. The molecular formula is C20H27NO. The van der Waals surface area contributed by atoms with Crippen LogP contribution in [0.25, 0.3) is 0 Å². The molecule has 1 heterocycles. The fraction of sp³-hybridized carbons (Fsp3) is 0.600. The molecule has 0 bridgehead atoms. The van der Waals surface area contributed by atoms with Gasteiger partial charge >= 0.3 is 0 Å². The van der Waals surface area contributed by atoms with Crippen LogP contribution in [0.4, 0.5) is 0 Å². The van der Waals surface area contributed by atoms with E-state index in [9.17, 15) is 0 Å². The normalized spacial score (nSPS) is 34.5. The number of hydrogen-bond donors (Lipinski definition) is 1. The molecule has 2 saturated carbocycles. The number of ether oxygens (including phenoxy) is 1. The molecule has 2 nitrogen and oxygen atoms in total. The van der Waals surface area contributed by atoms with E-state index in [1.54, 1.807) is 0 Å². The molecule has 4 atom stereocenters. The quantitative estimate of drug-likeness (QED) is 0.851. The Hall–Kier alpha value is -1.12. The van der Waals surface area contributed by atoms with Gasteiger partial charge in [-0.25, -0.2) is 0 Å². The summed E-state index contributed by atoms with van der Waals surface area (Å²) in [4.78, 5) is 0. The van der Waals surface area contributed by atoms with Crippen molar-refractivity contribution in [3.05, 3.63) is 47.5 Å². The molecule has 1 N–H and O–H groups in total. The van der Waals surface area contributed by atoms with Gasteiger partial charge in [-0.2, -0.15) is 0 Å². The Morgan fingerprint density at radius 3 is 2.64 bits per heavy atom. The number of hydrogen-bond acceptors (Lipinski definition) is 2. The van der Waals surface area contributed by atoms with Crippen molar-refractivity contribution in [3.8, 4) is 0 Å². The van der Waals surface area contributed by atoms with Gasteiger partial charge in [-0.1, -0.05) is 49.2 Å². The topological polar surface area (TPSA) is 21.3 Å². The van der Waals surface area contributed by atoms with Crippen LogP contribution in [-0.2, 0) is 4.74 Å². The van der Waals surface area contributed by atoms with E-state index in [1.165, 1.54) is 36.8 Å². The summed E-state index contributed by atoms with van der Waals surface area (Å²) in [6.45, 7) is 2.73. The smallest absolute Gasteiger partial charge is 0.0689 e. The number of fused-ring (bicyclic) bond motifs is 1. The zero-order chi connectivity index (χ0) is 14.8. The van der Waals surface area contributed by atoms with Gasteiger partial charge in [0.15, 0.2) is 0 Å². The summed E-state index contributed by atoms with van der Waals surface area (Å²) < 4.78 is 5.58. The maximum Gasteiger partial charge on any atom is 0.0689 e. The molecule has 2 aliphatic carbocycles. The second-order valence-electron chi connectivity index (χ2n) is 7.16. The molecule has 0 spiro atoms. The Morgan fingerprint density at radius 2 is 1.86 bits per heavy atom. The molecule has 4 rings (SSSR count). The van der Waals surface area contributed by atoms with E-state index in [1.807, 2.05) is 0 Å². The maximum absolute atomic E-state index is 5.58. The number of rotatable bonds is 4. The summed E-state index contributed by atoms with van der Waals surface area (Å²) >= 11 is 0. The van der Waals surface area contributed by atoms with Gasteiger partial charge in [-0.05, 0) is 42.2 Å². The molecule has 0 radical (unpaired) electrons. The van der Waals surface area contributed by atoms with Crippen molar-refractivity contribution in [2.24, 2.45) is 11.8 Å². The molecule has 2 fully saturated rings. The van der Waals surface area contributed by atoms with E-state index in [4.69, 9.17) is 4.74 Å². The number of benzene rings is 1. The van der Waals surface area contributed by atoms with Crippen molar-refractivity contribution in [3.63, 3.8) is 0 Å². The highest BCUT2D eigenvalue weighted by atomic mass is 16.5. The van der Waals surface area contributed by atoms with Gasteiger partial charge in [0.05, 0.1) is 13.2 Å². The van der Waals surface area contributed by atoms with Crippen LogP contribution >= 0.6 is 0 Å². The third-order valence-corrected chi connectivity index (χ3v) is 5.92. The van der Waals surface area contributed by atoms with Gasteiger partial charge in [0.25, 0.3) is 0 Å². The van der Waals surface area contributed by atoms with E-state index in [2.05, 4.69) is 41.7 Å². The van der Waals surface area contributed by atoms with Crippen LogP contribution in [0.2, 0.25) is 0 Å². The van der Waals surface area contributed by atoms with Gasteiger partial charge < -0.3 is 10.1 Å². The summed E-state index contributed by atoms with van der Waals surface area (Å²) in [5.41, 5.74) is 2.98. The van der Waals surface area contributed by atoms with Crippen molar-refractivity contribution < 1.29 is 4.74 Å². The standard InChI is InChI=1S/C20H27NO/c1-2-8-16(9-3-1)19-17-10-4-5-11-18(17)20(19)21-13-15-7-6-12-22-14-15/h1-3,7-9,17-21H,4-6,10-14H2/t17-,18-,19+,20+/m1/s1. The SMILES string of the molecule is C1=C(CN[C@H]2[C@@H]3CCCC[C@H]3[C@@H]2c2ccccc2)COCC1. The van der Waals surface area contributed by atoms with Gasteiger partial charge in [-0.3, -0.25) is 0 Å². The van der Waals surface area contributed by atoms with Crippen LogP contribution in [-0.4, -0.2) is 25.8 Å². The van der Waals surface area contributed by atoms with E-state index >= 15 is 0 Å². The monoisotopic (exact) mass is 297 g/mol. The second kappa shape index (κ2) is 6.55. The summed E-state index contributed by atoms with van der Waals surface area (Å²) in [6.07, 6.45) is 9.14. The average molecular weight is 297 g/mol. The van der Waals surface area contributed by atoms with Crippen LogP contribution in [0, 0.1) is 11.8 Å². The summed E-state index contributed by atoms with van der Waals surface area (Å²) in [7, 11) is 0. The zero-order valence-electron chi connectivity index (χ0n) is 13.3. The van der Waals surface area contributed by atoms with Crippen LogP contribution in [0.15, 0.2) is 42.0 Å².